The predicted molar refractivity (Wildman–Crippen MR) is 120 cm³/mol. The number of rotatable bonds is 8. The number of aryl methyl sites for hydroxylation is 1. The second-order valence-electron chi connectivity index (χ2n) is 6.92. The fourth-order valence-electron chi connectivity index (χ4n) is 2.99. The van der Waals surface area contributed by atoms with Crippen molar-refractivity contribution in [1.82, 2.24) is 10.3 Å². The van der Waals surface area contributed by atoms with Gasteiger partial charge in [-0.1, -0.05) is 6.07 Å². The molecule has 0 saturated heterocycles. The van der Waals surface area contributed by atoms with Crippen LogP contribution in [0.15, 0.2) is 47.8 Å². The van der Waals surface area contributed by atoms with Gasteiger partial charge in [-0.15, -0.1) is 11.3 Å². The number of benzene rings is 2. The fourth-order valence-corrected chi connectivity index (χ4v) is 3.73. The van der Waals surface area contributed by atoms with E-state index in [1.54, 1.807) is 31.4 Å². The molecule has 3 aromatic rings. The van der Waals surface area contributed by atoms with E-state index in [-0.39, 0.29) is 12.7 Å². The normalized spacial score (nSPS) is 11.7. The zero-order chi connectivity index (χ0) is 22.3. The summed E-state index contributed by atoms with van der Waals surface area (Å²) >= 11 is 1.31. The summed E-state index contributed by atoms with van der Waals surface area (Å²) in [6, 6.07) is 12.2. The van der Waals surface area contributed by atoms with E-state index >= 15 is 0 Å². The molecule has 0 radical (unpaired) electrons. The van der Waals surface area contributed by atoms with Gasteiger partial charge in [-0.3, -0.25) is 10.1 Å². The molecule has 2 heterocycles. The maximum Gasteiger partial charge on any atom is 0.325 e. The van der Waals surface area contributed by atoms with E-state index in [0.29, 0.717) is 47.5 Å². The summed E-state index contributed by atoms with van der Waals surface area (Å²) in [7, 11) is 1.58. The average molecular weight is 455 g/mol. The molecule has 166 valence electrons. The maximum absolute atomic E-state index is 12.2. The van der Waals surface area contributed by atoms with Crippen molar-refractivity contribution >= 4 is 34.1 Å². The van der Waals surface area contributed by atoms with E-state index in [0.717, 1.165) is 11.3 Å². The number of urea groups is 1. The number of aromatic nitrogens is 1. The van der Waals surface area contributed by atoms with Gasteiger partial charge in [-0.05, 0) is 48.4 Å². The van der Waals surface area contributed by atoms with Gasteiger partial charge in [0.05, 0.1) is 12.8 Å². The van der Waals surface area contributed by atoms with Crippen LogP contribution in [0.2, 0.25) is 0 Å². The Kier molecular flexibility index (Phi) is 6.71. The maximum atomic E-state index is 12.2. The minimum Gasteiger partial charge on any atom is -0.497 e. The Labute approximate surface area is 188 Å². The number of anilines is 2. The third-order valence-electron chi connectivity index (χ3n) is 4.65. The van der Waals surface area contributed by atoms with Crippen LogP contribution >= 0.6 is 11.3 Å². The zero-order valence-electron chi connectivity index (χ0n) is 17.3. The number of ether oxygens (including phenoxy) is 3. The first-order chi connectivity index (χ1) is 15.6. The number of carbonyl (C=O) groups is 2. The summed E-state index contributed by atoms with van der Waals surface area (Å²) in [5, 5.41) is 10.6. The Morgan fingerprint density at radius 3 is 2.72 bits per heavy atom. The molecule has 0 fully saturated rings. The van der Waals surface area contributed by atoms with Gasteiger partial charge in [0.15, 0.2) is 16.6 Å². The molecule has 0 saturated carbocycles. The number of methoxy groups -OCH3 is 1. The zero-order valence-corrected chi connectivity index (χ0v) is 18.2. The van der Waals surface area contributed by atoms with E-state index < -0.39 is 6.03 Å². The first kappa shape index (κ1) is 21.4. The number of nitrogens with zero attached hydrogens (tertiary/aromatic N) is 1. The molecule has 0 aliphatic carbocycles. The summed E-state index contributed by atoms with van der Waals surface area (Å²) in [5.74, 6) is 2.03. The molecule has 1 aliphatic heterocycles. The first-order valence-corrected chi connectivity index (χ1v) is 10.8. The predicted octanol–water partition coefficient (Wildman–Crippen LogP) is 3.77. The van der Waals surface area contributed by atoms with Crippen LogP contribution in [-0.4, -0.2) is 30.8 Å². The SMILES string of the molecule is COc1ccc(NC(=O)Nc2nc(CCC(=O)NCc3ccc4c(c3)OCO4)cs2)cc1. The summed E-state index contributed by atoms with van der Waals surface area (Å²) in [4.78, 5) is 28.7. The molecular weight excluding hydrogens is 432 g/mol. The van der Waals surface area contributed by atoms with Gasteiger partial charge in [-0.2, -0.15) is 0 Å². The third kappa shape index (κ3) is 5.67. The highest BCUT2D eigenvalue weighted by atomic mass is 32.1. The molecule has 0 bridgehead atoms. The highest BCUT2D eigenvalue weighted by Gasteiger charge is 2.14. The monoisotopic (exact) mass is 454 g/mol. The molecule has 2 aromatic carbocycles. The fraction of sp³-hybridized carbons (Fsp3) is 0.227. The van der Waals surface area contributed by atoms with Crippen LogP contribution < -0.4 is 30.2 Å². The summed E-state index contributed by atoms with van der Waals surface area (Å²) in [6.45, 7) is 0.629. The lowest BCUT2D eigenvalue weighted by Gasteiger charge is -2.06. The van der Waals surface area contributed by atoms with Crippen LogP contribution in [0.4, 0.5) is 15.6 Å². The number of amides is 3. The van der Waals surface area contributed by atoms with Crippen molar-refractivity contribution in [2.45, 2.75) is 19.4 Å². The molecule has 0 unspecified atom stereocenters. The van der Waals surface area contributed by atoms with Gasteiger partial charge < -0.3 is 24.8 Å². The van der Waals surface area contributed by atoms with Crippen molar-refractivity contribution in [2.24, 2.45) is 0 Å². The Morgan fingerprint density at radius 1 is 1.09 bits per heavy atom. The Balaban J connectivity index is 1.19. The summed E-state index contributed by atoms with van der Waals surface area (Å²) < 4.78 is 15.7. The smallest absolute Gasteiger partial charge is 0.325 e. The lowest BCUT2D eigenvalue weighted by molar-refractivity contribution is -0.121. The lowest BCUT2D eigenvalue weighted by Crippen LogP contribution is -2.23. The van der Waals surface area contributed by atoms with Crippen molar-refractivity contribution in [1.29, 1.82) is 0 Å². The van der Waals surface area contributed by atoms with Gasteiger partial charge >= 0.3 is 6.03 Å². The van der Waals surface area contributed by atoms with Crippen LogP contribution in [0.5, 0.6) is 17.2 Å². The Morgan fingerprint density at radius 2 is 1.91 bits per heavy atom. The second-order valence-corrected chi connectivity index (χ2v) is 7.77. The highest BCUT2D eigenvalue weighted by molar-refractivity contribution is 7.13. The number of hydrogen-bond acceptors (Lipinski definition) is 7. The van der Waals surface area contributed by atoms with Crippen LogP contribution in [0.25, 0.3) is 0 Å². The van der Waals surface area contributed by atoms with E-state index in [4.69, 9.17) is 14.2 Å². The van der Waals surface area contributed by atoms with Crippen molar-refractivity contribution in [3.63, 3.8) is 0 Å². The molecule has 32 heavy (non-hydrogen) atoms. The standard InChI is InChI=1S/C22H22N4O5S/c1-29-17-6-3-15(4-7-17)24-21(28)26-22-25-16(12-32-22)5-9-20(27)23-11-14-2-8-18-19(10-14)31-13-30-18/h2-4,6-8,10,12H,5,9,11,13H2,1H3,(H,23,27)(H2,24,25,26,28). The topological polar surface area (TPSA) is 111 Å². The Bertz CT molecular complexity index is 1100. The van der Waals surface area contributed by atoms with Crippen LogP contribution in [0, 0.1) is 0 Å². The minimum atomic E-state index is -0.391. The number of carbonyl (C=O) groups excluding carboxylic acids is 2. The molecule has 1 aromatic heterocycles. The van der Waals surface area contributed by atoms with Gasteiger partial charge in [-0.25, -0.2) is 9.78 Å². The van der Waals surface area contributed by atoms with Crippen molar-refractivity contribution in [3.8, 4) is 17.2 Å². The molecular formula is C22H22N4O5S. The molecule has 0 spiro atoms. The van der Waals surface area contributed by atoms with Gasteiger partial charge in [0.25, 0.3) is 0 Å². The molecule has 4 rings (SSSR count). The number of nitrogens with one attached hydrogen (secondary N) is 3. The van der Waals surface area contributed by atoms with Crippen molar-refractivity contribution in [3.05, 3.63) is 59.1 Å². The highest BCUT2D eigenvalue weighted by Crippen LogP contribution is 2.32. The second kappa shape index (κ2) is 10.0. The van der Waals surface area contributed by atoms with Crippen LogP contribution in [-0.2, 0) is 17.8 Å². The van der Waals surface area contributed by atoms with E-state index in [1.807, 2.05) is 23.6 Å². The largest absolute Gasteiger partial charge is 0.497 e. The molecule has 3 amide bonds. The third-order valence-corrected chi connectivity index (χ3v) is 5.46. The van der Waals surface area contributed by atoms with Crippen LogP contribution in [0.1, 0.15) is 17.7 Å². The lowest BCUT2D eigenvalue weighted by atomic mass is 10.2. The number of fused-ring (bicyclic) bond motifs is 1. The summed E-state index contributed by atoms with van der Waals surface area (Å²) in [5.41, 5.74) is 2.32. The summed E-state index contributed by atoms with van der Waals surface area (Å²) in [6.07, 6.45) is 0.775. The van der Waals surface area contributed by atoms with Gasteiger partial charge in [0, 0.05) is 24.0 Å². The molecule has 3 N–H and O–H groups in total. The first-order valence-electron chi connectivity index (χ1n) is 9.91. The number of thiazole rings is 1. The molecule has 0 atom stereocenters. The quantitative estimate of drug-likeness (QED) is 0.478. The van der Waals surface area contributed by atoms with E-state index in [9.17, 15) is 9.59 Å². The average Bonchev–Trinajstić information content (AvgIpc) is 3.45. The van der Waals surface area contributed by atoms with Gasteiger partial charge in [0.1, 0.15) is 5.75 Å². The van der Waals surface area contributed by atoms with E-state index in [1.165, 1.54) is 11.3 Å². The van der Waals surface area contributed by atoms with E-state index in [2.05, 4.69) is 20.9 Å². The van der Waals surface area contributed by atoms with Crippen molar-refractivity contribution < 1.29 is 23.8 Å². The Hall–Kier alpha value is -3.79. The molecule has 10 heteroatoms. The van der Waals surface area contributed by atoms with Gasteiger partial charge in [0.2, 0.25) is 12.7 Å². The number of hydrogen-bond donors (Lipinski definition) is 3. The molecule has 1 aliphatic rings. The van der Waals surface area contributed by atoms with Crippen LogP contribution in [0.3, 0.4) is 0 Å². The van der Waals surface area contributed by atoms with Crippen molar-refractivity contribution in [2.75, 3.05) is 24.5 Å². The molecule has 9 nitrogen and oxygen atoms in total. The minimum absolute atomic E-state index is 0.0811.